The fourth-order valence-corrected chi connectivity index (χ4v) is 2.32. The second-order valence-corrected chi connectivity index (χ2v) is 5.39. The minimum atomic E-state index is -0.462. The highest BCUT2D eigenvalue weighted by atomic mass is 35.5. The third kappa shape index (κ3) is 3.78. The van der Waals surface area contributed by atoms with Crippen molar-refractivity contribution in [3.05, 3.63) is 59.6 Å². The molecule has 0 radical (unpaired) electrons. The number of aromatic nitrogens is 3. The van der Waals surface area contributed by atoms with E-state index in [1.54, 1.807) is 18.5 Å². The topological polar surface area (TPSA) is 62.7 Å². The zero-order valence-corrected chi connectivity index (χ0v) is 13.7. The molecular formula is C17H15ClFN5. The Balaban J connectivity index is 1.97. The number of pyridine rings is 1. The Morgan fingerprint density at radius 3 is 2.58 bits per heavy atom. The number of anilines is 3. The van der Waals surface area contributed by atoms with Crippen LogP contribution in [0.5, 0.6) is 0 Å². The minimum Gasteiger partial charge on any atom is -0.354 e. The molecule has 122 valence electrons. The molecule has 0 unspecified atom stereocenters. The van der Waals surface area contributed by atoms with Gasteiger partial charge in [0, 0.05) is 36.3 Å². The number of halogens is 2. The molecule has 0 amide bonds. The molecule has 24 heavy (non-hydrogen) atoms. The fraction of sp³-hybridized carbons (Fsp3) is 0.118. The second kappa shape index (κ2) is 7.23. The molecule has 2 N–H and O–H groups in total. The molecule has 7 heteroatoms. The van der Waals surface area contributed by atoms with Gasteiger partial charge in [-0.2, -0.15) is 4.98 Å². The van der Waals surface area contributed by atoms with Crippen molar-refractivity contribution >= 4 is 29.1 Å². The molecule has 2 aromatic heterocycles. The van der Waals surface area contributed by atoms with E-state index in [4.69, 9.17) is 11.6 Å². The standard InChI is InChI=1S/C17H15ClFN5/c1-2-21-17-23-15(11-5-7-20-8-6-11)10-16(24-17)22-12-3-4-14(19)13(18)9-12/h3-10H,2H2,1H3,(H2,21,22,23,24). The third-order valence-corrected chi connectivity index (χ3v) is 3.52. The maximum Gasteiger partial charge on any atom is 0.225 e. The molecule has 0 saturated heterocycles. The molecular weight excluding hydrogens is 329 g/mol. The van der Waals surface area contributed by atoms with E-state index in [1.807, 2.05) is 25.1 Å². The quantitative estimate of drug-likeness (QED) is 0.713. The summed E-state index contributed by atoms with van der Waals surface area (Å²) in [6.07, 6.45) is 3.41. The molecule has 3 rings (SSSR count). The van der Waals surface area contributed by atoms with Crippen LogP contribution in [-0.2, 0) is 0 Å². The largest absolute Gasteiger partial charge is 0.354 e. The van der Waals surface area contributed by atoms with Gasteiger partial charge >= 0.3 is 0 Å². The van der Waals surface area contributed by atoms with Crippen molar-refractivity contribution in [1.29, 1.82) is 0 Å². The van der Waals surface area contributed by atoms with E-state index >= 15 is 0 Å². The van der Waals surface area contributed by atoms with Gasteiger partial charge in [0.05, 0.1) is 10.7 Å². The number of hydrogen-bond donors (Lipinski definition) is 2. The Hall–Kier alpha value is -2.73. The van der Waals surface area contributed by atoms with Crippen LogP contribution >= 0.6 is 11.6 Å². The Labute approximate surface area is 144 Å². The number of nitrogens with zero attached hydrogens (tertiary/aromatic N) is 3. The average Bonchev–Trinajstić information content (AvgIpc) is 2.59. The maximum absolute atomic E-state index is 13.3. The first kappa shape index (κ1) is 16.1. The van der Waals surface area contributed by atoms with Gasteiger partial charge < -0.3 is 10.6 Å². The first-order valence-corrected chi connectivity index (χ1v) is 7.79. The van der Waals surface area contributed by atoms with Gasteiger partial charge in [-0.25, -0.2) is 9.37 Å². The smallest absolute Gasteiger partial charge is 0.225 e. The highest BCUT2D eigenvalue weighted by Gasteiger charge is 2.08. The van der Waals surface area contributed by atoms with Crippen molar-refractivity contribution in [2.24, 2.45) is 0 Å². The summed E-state index contributed by atoms with van der Waals surface area (Å²) < 4.78 is 13.3. The van der Waals surface area contributed by atoms with E-state index in [2.05, 4.69) is 25.6 Å². The fourth-order valence-electron chi connectivity index (χ4n) is 2.14. The molecule has 0 fully saturated rings. The van der Waals surface area contributed by atoms with E-state index in [0.29, 0.717) is 24.0 Å². The summed E-state index contributed by atoms with van der Waals surface area (Å²) in [6, 6.07) is 9.97. The van der Waals surface area contributed by atoms with Crippen LogP contribution in [0.1, 0.15) is 6.92 Å². The lowest BCUT2D eigenvalue weighted by Crippen LogP contribution is -2.05. The van der Waals surface area contributed by atoms with Gasteiger partial charge in [-0.15, -0.1) is 0 Å². The van der Waals surface area contributed by atoms with Gasteiger partial charge in [-0.3, -0.25) is 4.98 Å². The molecule has 0 saturated carbocycles. The average molecular weight is 344 g/mol. The second-order valence-electron chi connectivity index (χ2n) is 4.98. The molecule has 0 aliphatic carbocycles. The van der Waals surface area contributed by atoms with Crippen LogP contribution in [0.15, 0.2) is 48.8 Å². The van der Waals surface area contributed by atoms with E-state index in [-0.39, 0.29) is 5.02 Å². The van der Waals surface area contributed by atoms with Gasteiger partial charge in [-0.05, 0) is 37.3 Å². The zero-order chi connectivity index (χ0) is 16.9. The molecule has 0 aliphatic heterocycles. The molecule has 0 bridgehead atoms. The summed E-state index contributed by atoms with van der Waals surface area (Å²) in [6.45, 7) is 2.66. The monoisotopic (exact) mass is 343 g/mol. The summed E-state index contributed by atoms with van der Waals surface area (Å²) in [5, 5.41) is 6.27. The molecule has 3 aromatic rings. The van der Waals surface area contributed by atoms with E-state index in [9.17, 15) is 4.39 Å². The lowest BCUT2D eigenvalue weighted by Gasteiger charge is -2.11. The first-order valence-electron chi connectivity index (χ1n) is 7.41. The van der Waals surface area contributed by atoms with E-state index in [0.717, 1.165) is 11.3 Å². The summed E-state index contributed by atoms with van der Waals surface area (Å²) in [5.74, 6) is 0.619. The van der Waals surface area contributed by atoms with E-state index < -0.39 is 5.82 Å². The van der Waals surface area contributed by atoms with Crippen LogP contribution in [-0.4, -0.2) is 21.5 Å². The zero-order valence-electron chi connectivity index (χ0n) is 12.9. The van der Waals surface area contributed by atoms with Crippen LogP contribution in [0, 0.1) is 5.82 Å². The summed E-state index contributed by atoms with van der Waals surface area (Å²) in [5.41, 5.74) is 2.31. The number of hydrogen-bond acceptors (Lipinski definition) is 5. The van der Waals surface area contributed by atoms with Crippen LogP contribution in [0.2, 0.25) is 5.02 Å². The molecule has 0 atom stereocenters. The van der Waals surface area contributed by atoms with Gasteiger partial charge in [-0.1, -0.05) is 11.6 Å². The normalized spacial score (nSPS) is 10.5. The molecule has 0 spiro atoms. The van der Waals surface area contributed by atoms with Crippen molar-refractivity contribution in [1.82, 2.24) is 15.0 Å². The Kier molecular flexibility index (Phi) is 4.86. The van der Waals surface area contributed by atoms with Crippen molar-refractivity contribution in [2.45, 2.75) is 6.92 Å². The Bertz CT molecular complexity index is 842. The third-order valence-electron chi connectivity index (χ3n) is 3.23. The van der Waals surface area contributed by atoms with Crippen LogP contribution in [0.4, 0.5) is 21.8 Å². The van der Waals surface area contributed by atoms with Gasteiger partial charge in [0.25, 0.3) is 0 Å². The van der Waals surface area contributed by atoms with Crippen molar-refractivity contribution in [3.8, 4) is 11.3 Å². The van der Waals surface area contributed by atoms with Crippen molar-refractivity contribution in [3.63, 3.8) is 0 Å². The van der Waals surface area contributed by atoms with Crippen LogP contribution < -0.4 is 10.6 Å². The SMILES string of the molecule is CCNc1nc(Nc2ccc(F)c(Cl)c2)cc(-c2ccncc2)n1. The first-order chi connectivity index (χ1) is 11.7. The maximum atomic E-state index is 13.3. The van der Waals surface area contributed by atoms with E-state index in [1.165, 1.54) is 12.1 Å². The van der Waals surface area contributed by atoms with Crippen LogP contribution in [0.25, 0.3) is 11.3 Å². The van der Waals surface area contributed by atoms with Crippen molar-refractivity contribution in [2.75, 3.05) is 17.2 Å². The summed E-state index contributed by atoms with van der Waals surface area (Å²) in [7, 11) is 0. The number of nitrogens with one attached hydrogen (secondary N) is 2. The van der Waals surface area contributed by atoms with Crippen molar-refractivity contribution < 1.29 is 4.39 Å². The molecule has 5 nitrogen and oxygen atoms in total. The van der Waals surface area contributed by atoms with Gasteiger partial charge in [0.15, 0.2) is 0 Å². The molecule has 1 aromatic carbocycles. The highest BCUT2D eigenvalue weighted by molar-refractivity contribution is 6.31. The van der Waals surface area contributed by atoms with Crippen LogP contribution in [0.3, 0.4) is 0 Å². The Morgan fingerprint density at radius 1 is 1.08 bits per heavy atom. The lowest BCUT2D eigenvalue weighted by molar-refractivity contribution is 0.628. The predicted molar refractivity (Wildman–Crippen MR) is 94.1 cm³/mol. The minimum absolute atomic E-state index is 0.0512. The number of rotatable bonds is 5. The van der Waals surface area contributed by atoms with Gasteiger partial charge in [0.2, 0.25) is 5.95 Å². The summed E-state index contributed by atoms with van der Waals surface area (Å²) >= 11 is 5.82. The molecule has 2 heterocycles. The predicted octanol–water partition coefficient (Wildman–Crippen LogP) is 4.51. The highest BCUT2D eigenvalue weighted by Crippen LogP contribution is 2.25. The summed E-state index contributed by atoms with van der Waals surface area (Å²) in [4.78, 5) is 12.9. The number of benzene rings is 1. The lowest BCUT2D eigenvalue weighted by atomic mass is 10.2. The molecule has 0 aliphatic rings. The van der Waals surface area contributed by atoms with Gasteiger partial charge in [0.1, 0.15) is 11.6 Å². The Morgan fingerprint density at radius 2 is 1.88 bits per heavy atom.